The van der Waals surface area contributed by atoms with Crippen LogP contribution in [0.3, 0.4) is 0 Å². The van der Waals surface area contributed by atoms with Gasteiger partial charge in [0.1, 0.15) is 5.69 Å². The molecule has 0 saturated carbocycles. The second-order valence-corrected chi connectivity index (χ2v) is 1.72. The number of aromatic nitrogens is 1. The second kappa shape index (κ2) is 3.03. The van der Waals surface area contributed by atoms with Gasteiger partial charge in [-0.3, -0.25) is 15.1 Å². The van der Waals surface area contributed by atoms with Crippen molar-refractivity contribution in [1.29, 1.82) is 0 Å². The fourth-order valence-electron chi connectivity index (χ4n) is 0.612. The number of aromatic amines is 1. The Bertz CT molecular complexity index is 256. The Labute approximate surface area is 57.8 Å². The van der Waals surface area contributed by atoms with E-state index >= 15 is 0 Å². The summed E-state index contributed by atoms with van der Waals surface area (Å²) in [5, 5.41) is 0. The standard InChI is InChI=1S/C6H8N2O2/c1-10-8-5-3-2-4-7-6(5)9/h2-4,8H,1H3,(H,7,9). The van der Waals surface area contributed by atoms with Crippen molar-refractivity contribution in [1.82, 2.24) is 4.98 Å². The fraction of sp³-hybridized carbons (Fsp3) is 0.167. The van der Waals surface area contributed by atoms with E-state index in [-0.39, 0.29) is 5.56 Å². The number of nitrogens with one attached hydrogen (secondary N) is 2. The molecule has 0 saturated heterocycles. The van der Waals surface area contributed by atoms with Gasteiger partial charge in [-0.25, -0.2) is 0 Å². The summed E-state index contributed by atoms with van der Waals surface area (Å²) in [5.74, 6) is 0. The first-order valence-corrected chi connectivity index (χ1v) is 2.81. The molecule has 0 bridgehead atoms. The summed E-state index contributed by atoms with van der Waals surface area (Å²) in [4.78, 5) is 17.8. The average Bonchev–Trinajstić information content (AvgIpc) is 1.94. The first-order chi connectivity index (χ1) is 4.84. The highest BCUT2D eigenvalue weighted by Crippen LogP contribution is 1.93. The highest BCUT2D eigenvalue weighted by Gasteiger charge is 1.92. The second-order valence-electron chi connectivity index (χ2n) is 1.72. The maximum absolute atomic E-state index is 10.8. The van der Waals surface area contributed by atoms with Crippen molar-refractivity contribution in [3.8, 4) is 0 Å². The Morgan fingerprint density at radius 3 is 3.10 bits per heavy atom. The van der Waals surface area contributed by atoms with Crippen LogP contribution in [0.2, 0.25) is 0 Å². The average molecular weight is 140 g/mol. The zero-order valence-corrected chi connectivity index (χ0v) is 5.55. The maximum Gasteiger partial charge on any atom is 0.273 e. The molecule has 0 aliphatic rings. The van der Waals surface area contributed by atoms with E-state index in [9.17, 15) is 4.79 Å². The molecule has 0 unspecified atom stereocenters. The molecule has 0 amide bonds. The zero-order chi connectivity index (χ0) is 7.40. The number of H-pyrrole nitrogens is 1. The van der Waals surface area contributed by atoms with Gasteiger partial charge in [0.15, 0.2) is 0 Å². The Balaban J connectivity index is 2.92. The molecule has 1 rings (SSSR count). The third-order valence-corrected chi connectivity index (χ3v) is 1.03. The van der Waals surface area contributed by atoms with Crippen LogP contribution >= 0.6 is 0 Å². The van der Waals surface area contributed by atoms with Crippen LogP contribution in [-0.2, 0) is 4.84 Å². The third-order valence-electron chi connectivity index (χ3n) is 1.03. The molecule has 1 aromatic rings. The van der Waals surface area contributed by atoms with Crippen molar-refractivity contribution in [3.05, 3.63) is 28.7 Å². The van der Waals surface area contributed by atoms with Crippen molar-refractivity contribution in [2.75, 3.05) is 12.6 Å². The van der Waals surface area contributed by atoms with Crippen LogP contribution in [0.15, 0.2) is 23.1 Å². The van der Waals surface area contributed by atoms with Crippen molar-refractivity contribution >= 4 is 5.69 Å². The molecule has 0 aromatic carbocycles. The minimum Gasteiger partial charge on any atom is -0.327 e. The molecule has 0 aliphatic heterocycles. The number of pyridine rings is 1. The van der Waals surface area contributed by atoms with E-state index in [0.717, 1.165) is 0 Å². The van der Waals surface area contributed by atoms with Gasteiger partial charge in [-0.05, 0) is 12.1 Å². The number of anilines is 1. The summed E-state index contributed by atoms with van der Waals surface area (Å²) in [6, 6.07) is 3.34. The van der Waals surface area contributed by atoms with Crippen molar-refractivity contribution in [3.63, 3.8) is 0 Å². The van der Waals surface area contributed by atoms with Gasteiger partial charge in [-0.2, -0.15) is 0 Å². The van der Waals surface area contributed by atoms with E-state index in [1.165, 1.54) is 7.11 Å². The van der Waals surface area contributed by atoms with E-state index < -0.39 is 0 Å². The molecule has 1 aromatic heterocycles. The van der Waals surface area contributed by atoms with Crippen LogP contribution in [0.1, 0.15) is 0 Å². The molecule has 1 heterocycles. The molecule has 0 spiro atoms. The Morgan fingerprint density at radius 2 is 2.50 bits per heavy atom. The lowest BCUT2D eigenvalue weighted by Gasteiger charge is -1.98. The summed E-state index contributed by atoms with van der Waals surface area (Å²) in [6.07, 6.45) is 1.56. The molecule has 10 heavy (non-hydrogen) atoms. The summed E-state index contributed by atoms with van der Waals surface area (Å²) < 4.78 is 0. The monoisotopic (exact) mass is 140 g/mol. The van der Waals surface area contributed by atoms with Gasteiger partial charge in [-0.1, -0.05) is 0 Å². The SMILES string of the molecule is CONc1ccc[nH]c1=O. The van der Waals surface area contributed by atoms with E-state index in [2.05, 4.69) is 15.3 Å². The lowest BCUT2D eigenvalue weighted by Crippen LogP contribution is -2.11. The number of rotatable bonds is 2. The third kappa shape index (κ3) is 1.35. The van der Waals surface area contributed by atoms with Gasteiger partial charge < -0.3 is 4.98 Å². The molecule has 0 radical (unpaired) electrons. The fourth-order valence-corrected chi connectivity index (χ4v) is 0.612. The highest BCUT2D eigenvalue weighted by molar-refractivity contribution is 5.36. The Morgan fingerprint density at radius 1 is 1.70 bits per heavy atom. The van der Waals surface area contributed by atoms with Crippen LogP contribution < -0.4 is 11.0 Å². The van der Waals surface area contributed by atoms with Gasteiger partial charge in [0.05, 0.1) is 7.11 Å². The molecule has 0 aliphatic carbocycles. The first-order valence-electron chi connectivity index (χ1n) is 2.81. The lowest BCUT2D eigenvalue weighted by molar-refractivity contribution is 0.270. The molecule has 0 atom stereocenters. The van der Waals surface area contributed by atoms with E-state index in [4.69, 9.17) is 0 Å². The van der Waals surface area contributed by atoms with Crippen LogP contribution in [0.4, 0.5) is 5.69 Å². The minimum absolute atomic E-state index is 0.190. The largest absolute Gasteiger partial charge is 0.327 e. The Kier molecular flexibility index (Phi) is 2.07. The predicted molar refractivity (Wildman–Crippen MR) is 37.7 cm³/mol. The highest BCUT2D eigenvalue weighted by atomic mass is 16.6. The normalized spacial score (nSPS) is 9.30. The van der Waals surface area contributed by atoms with E-state index in [0.29, 0.717) is 5.69 Å². The minimum atomic E-state index is -0.190. The van der Waals surface area contributed by atoms with Crippen molar-refractivity contribution in [2.24, 2.45) is 0 Å². The maximum atomic E-state index is 10.8. The number of hydrogen-bond acceptors (Lipinski definition) is 3. The van der Waals surface area contributed by atoms with Crippen LogP contribution in [0.25, 0.3) is 0 Å². The van der Waals surface area contributed by atoms with E-state index in [1.54, 1.807) is 18.3 Å². The first kappa shape index (κ1) is 6.82. The molecule has 54 valence electrons. The topological polar surface area (TPSA) is 54.1 Å². The molecule has 4 heteroatoms. The Hall–Kier alpha value is -1.29. The van der Waals surface area contributed by atoms with Crippen molar-refractivity contribution in [2.45, 2.75) is 0 Å². The van der Waals surface area contributed by atoms with Crippen LogP contribution in [0.5, 0.6) is 0 Å². The van der Waals surface area contributed by atoms with Crippen molar-refractivity contribution < 1.29 is 4.84 Å². The summed E-state index contributed by atoms with van der Waals surface area (Å²) in [6.45, 7) is 0. The summed E-state index contributed by atoms with van der Waals surface area (Å²) in [7, 11) is 1.45. The van der Waals surface area contributed by atoms with Crippen LogP contribution in [-0.4, -0.2) is 12.1 Å². The number of hydrogen-bond donors (Lipinski definition) is 2. The van der Waals surface area contributed by atoms with Gasteiger partial charge in [0.2, 0.25) is 0 Å². The lowest BCUT2D eigenvalue weighted by atomic mass is 10.4. The molecule has 4 nitrogen and oxygen atoms in total. The quantitative estimate of drug-likeness (QED) is 0.583. The smallest absolute Gasteiger partial charge is 0.273 e. The van der Waals surface area contributed by atoms with Crippen LogP contribution in [0, 0.1) is 0 Å². The summed E-state index contributed by atoms with van der Waals surface area (Å²) in [5.41, 5.74) is 2.65. The molecular weight excluding hydrogens is 132 g/mol. The van der Waals surface area contributed by atoms with Gasteiger partial charge in [0.25, 0.3) is 5.56 Å². The molecule has 0 fully saturated rings. The molecular formula is C6H8N2O2. The molecule has 2 N–H and O–H groups in total. The van der Waals surface area contributed by atoms with E-state index in [1.807, 2.05) is 0 Å². The summed E-state index contributed by atoms with van der Waals surface area (Å²) >= 11 is 0. The van der Waals surface area contributed by atoms with Gasteiger partial charge in [-0.15, -0.1) is 0 Å². The van der Waals surface area contributed by atoms with Gasteiger partial charge in [0, 0.05) is 6.20 Å². The van der Waals surface area contributed by atoms with Gasteiger partial charge >= 0.3 is 0 Å². The predicted octanol–water partition coefficient (Wildman–Crippen LogP) is 0.348. The zero-order valence-electron chi connectivity index (χ0n) is 5.55.